The summed E-state index contributed by atoms with van der Waals surface area (Å²) in [5, 5.41) is 14.8. The highest BCUT2D eigenvalue weighted by atomic mass is 32.2. The van der Waals surface area contributed by atoms with Gasteiger partial charge in [-0.1, -0.05) is 12.1 Å². The third-order valence-corrected chi connectivity index (χ3v) is 5.21. The van der Waals surface area contributed by atoms with E-state index in [9.17, 15) is 13.7 Å². The van der Waals surface area contributed by atoms with Gasteiger partial charge in [0, 0.05) is 17.6 Å². The number of allylic oxidation sites excluding steroid dienone is 1. The van der Waals surface area contributed by atoms with Crippen molar-refractivity contribution in [1.29, 1.82) is 5.26 Å². The predicted molar refractivity (Wildman–Crippen MR) is 107 cm³/mol. The van der Waals surface area contributed by atoms with Crippen LogP contribution in [0.5, 0.6) is 0 Å². The second-order valence-corrected chi connectivity index (χ2v) is 7.68. The number of fused-ring (bicyclic) bond motifs is 1. The van der Waals surface area contributed by atoms with Crippen LogP contribution < -0.4 is 5.14 Å². The standard InChI is InChI=1S/C20H15N5O2S/c21-13-14(20-23-18-5-1-2-6-19(18)24-20)12-16-4-3-11-25(16)15-7-9-17(10-8-15)28(22,26)27/h1-12H,(H,23,24)(H2,22,26,27). The zero-order valence-electron chi connectivity index (χ0n) is 14.6. The van der Waals surface area contributed by atoms with E-state index in [1.54, 1.807) is 18.2 Å². The number of hydrogen-bond acceptors (Lipinski definition) is 4. The van der Waals surface area contributed by atoms with Crippen molar-refractivity contribution in [3.63, 3.8) is 0 Å². The Bertz CT molecular complexity index is 1310. The molecule has 0 fully saturated rings. The molecule has 0 amide bonds. The molecule has 138 valence electrons. The molecule has 0 unspecified atom stereocenters. The summed E-state index contributed by atoms with van der Waals surface area (Å²) in [5.41, 5.74) is 3.52. The Morgan fingerprint density at radius 1 is 1.11 bits per heavy atom. The minimum Gasteiger partial charge on any atom is -0.337 e. The van der Waals surface area contributed by atoms with Crippen LogP contribution in [0.4, 0.5) is 0 Å². The molecule has 0 aliphatic rings. The van der Waals surface area contributed by atoms with E-state index in [4.69, 9.17) is 5.14 Å². The number of primary sulfonamides is 1. The number of imidazole rings is 1. The van der Waals surface area contributed by atoms with Crippen molar-refractivity contribution >= 4 is 32.7 Å². The zero-order chi connectivity index (χ0) is 19.7. The summed E-state index contributed by atoms with van der Waals surface area (Å²) in [6.45, 7) is 0. The first-order chi connectivity index (χ1) is 13.5. The van der Waals surface area contributed by atoms with E-state index in [2.05, 4.69) is 16.0 Å². The maximum Gasteiger partial charge on any atom is 0.238 e. The number of H-pyrrole nitrogens is 1. The summed E-state index contributed by atoms with van der Waals surface area (Å²) in [7, 11) is -3.75. The van der Waals surface area contributed by atoms with Gasteiger partial charge >= 0.3 is 0 Å². The van der Waals surface area contributed by atoms with Crippen molar-refractivity contribution < 1.29 is 8.42 Å². The molecular weight excluding hydrogens is 374 g/mol. The fraction of sp³-hybridized carbons (Fsp3) is 0. The first kappa shape index (κ1) is 17.7. The molecule has 2 heterocycles. The van der Waals surface area contributed by atoms with Gasteiger partial charge in [-0.25, -0.2) is 18.5 Å². The molecule has 7 nitrogen and oxygen atoms in total. The molecule has 0 spiro atoms. The van der Waals surface area contributed by atoms with Crippen LogP contribution in [-0.2, 0) is 10.0 Å². The number of para-hydroxylation sites is 2. The number of rotatable bonds is 4. The van der Waals surface area contributed by atoms with Crippen molar-refractivity contribution in [2.75, 3.05) is 0 Å². The molecule has 0 saturated heterocycles. The van der Waals surface area contributed by atoms with Crippen LogP contribution in [-0.4, -0.2) is 23.0 Å². The van der Waals surface area contributed by atoms with Crippen LogP contribution in [0, 0.1) is 11.3 Å². The highest BCUT2D eigenvalue weighted by molar-refractivity contribution is 7.89. The van der Waals surface area contributed by atoms with Crippen LogP contribution in [0.15, 0.2) is 71.8 Å². The SMILES string of the molecule is N#CC(=Cc1cccn1-c1ccc(S(N)(=O)=O)cc1)c1nc2ccccc2[nH]1. The number of aromatic nitrogens is 3. The summed E-state index contributed by atoms with van der Waals surface area (Å²) in [4.78, 5) is 7.66. The minimum atomic E-state index is -3.75. The van der Waals surface area contributed by atoms with E-state index in [-0.39, 0.29) is 4.90 Å². The fourth-order valence-electron chi connectivity index (χ4n) is 2.93. The summed E-state index contributed by atoms with van der Waals surface area (Å²) in [5.74, 6) is 0.487. The Morgan fingerprint density at radius 2 is 1.86 bits per heavy atom. The van der Waals surface area contributed by atoms with Crippen LogP contribution in [0.25, 0.3) is 28.4 Å². The Labute approximate surface area is 161 Å². The maximum atomic E-state index is 11.4. The van der Waals surface area contributed by atoms with Crippen LogP contribution in [0.2, 0.25) is 0 Å². The molecule has 0 radical (unpaired) electrons. The Morgan fingerprint density at radius 3 is 2.54 bits per heavy atom. The molecule has 2 aromatic carbocycles. The summed E-state index contributed by atoms with van der Waals surface area (Å²) >= 11 is 0. The largest absolute Gasteiger partial charge is 0.337 e. The molecule has 2 aromatic heterocycles. The number of nitriles is 1. The second-order valence-electron chi connectivity index (χ2n) is 6.11. The summed E-state index contributed by atoms with van der Waals surface area (Å²) in [6.07, 6.45) is 3.55. The van der Waals surface area contributed by atoms with Gasteiger partial charge in [0.25, 0.3) is 0 Å². The smallest absolute Gasteiger partial charge is 0.238 e. The van der Waals surface area contributed by atoms with Gasteiger partial charge in [0.1, 0.15) is 11.9 Å². The van der Waals surface area contributed by atoms with Gasteiger partial charge < -0.3 is 9.55 Å². The first-order valence-electron chi connectivity index (χ1n) is 8.33. The van der Waals surface area contributed by atoms with Crippen molar-refractivity contribution in [3.8, 4) is 11.8 Å². The van der Waals surface area contributed by atoms with Gasteiger partial charge in [-0.15, -0.1) is 0 Å². The average molecular weight is 389 g/mol. The minimum absolute atomic E-state index is 0.0421. The Balaban J connectivity index is 1.74. The number of benzene rings is 2. The Kier molecular flexibility index (Phi) is 4.31. The van der Waals surface area contributed by atoms with E-state index >= 15 is 0 Å². The van der Waals surface area contributed by atoms with E-state index in [1.165, 1.54) is 12.1 Å². The van der Waals surface area contributed by atoms with Crippen LogP contribution in [0.3, 0.4) is 0 Å². The lowest BCUT2D eigenvalue weighted by Crippen LogP contribution is -2.12. The molecule has 4 rings (SSSR count). The number of hydrogen-bond donors (Lipinski definition) is 2. The van der Waals surface area contributed by atoms with Crippen LogP contribution in [0.1, 0.15) is 11.5 Å². The van der Waals surface area contributed by atoms with Gasteiger partial charge in [0.2, 0.25) is 10.0 Å². The zero-order valence-corrected chi connectivity index (χ0v) is 15.4. The molecule has 28 heavy (non-hydrogen) atoms. The summed E-state index contributed by atoms with van der Waals surface area (Å²) < 4.78 is 24.7. The van der Waals surface area contributed by atoms with Gasteiger partial charge in [-0.05, 0) is 54.6 Å². The molecule has 8 heteroatoms. The molecular formula is C20H15N5O2S. The molecule has 0 aliphatic heterocycles. The van der Waals surface area contributed by atoms with E-state index in [0.717, 1.165) is 22.4 Å². The van der Waals surface area contributed by atoms with Crippen molar-refractivity contribution in [3.05, 3.63) is 78.4 Å². The first-order valence-corrected chi connectivity index (χ1v) is 9.88. The lowest BCUT2D eigenvalue weighted by Gasteiger charge is -2.08. The molecule has 0 aliphatic carbocycles. The quantitative estimate of drug-likeness (QED) is 0.522. The third kappa shape index (κ3) is 3.32. The maximum absolute atomic E-state index is 11.4. The fourth-order valence-corrected chi connectivity index (χ4v) is 3.44. The van der Waals surface area contributed by atoms with Gasteiger partial charge in [-0.2, -0.15) is 5.26 Å². The van der Waals surface area contributed by atoms with Gasteiger partial charge in [0.05, 0.1) is 21.5 Å². The van der Waals surface area contributed by atoms with Crippen LogP contribution >= 0.6 is 0 Å². The molecule has 0 bridgehead atoms. The van der Waals surface area contributed by atoms with E-state index in [0.29, 0.717) is 11.4 Å². The lowest BCUT2D eigenvalue weighted by molar-refractivity contribution is 0.598. The van der Waals surface area contributed by atoms with Gasteiger partial charge in [-0.3, -0.25) is 0 Å². The molecule has 0 atom stereocenters. The highest BCUT2D eigenvalue weighted by Gasteiger charge is 2.11. The number of sulfonamides is 1. The normalized spacial score (nSPS) is 12.2. The Hall–Kier alpha value is -3.67. The van der Waals surface area contributed by atoms with Gasteiger partial charge in [0.15, 0.2) is 0 Å². The molecule has 0 saturated carbocycles. The van der Waals surface area contributed by atoms with E-state index in [1.807, 2.05) is 47.2 Å². The van der Waals surface area contributed by atoms with Crippen molar-refractivity contribution in [1.82, 2.24) is 14.5 Å². The number of nitrogens with one attached hydrogen (secondary N) is 1. The monoisotopic (exact) mass is 389 g/mol. The number of aromatic amines is 1. The van der Waals surface area contributed by atoms with E-state index < -0.39 is 10.0 Å². The number of nitrogens with two attached hydrogens (primary N) is 1. The average Bonchev–Trinajstić information content (AvgIpc) is 3.32. The third-order valence-electron chi connectivity index (χ3n) is 4.28. The topological polar surface area (TPSA) is 118 Å². The summed E-state index contributed by atoms with van der Waals surface area (Å²) in [6, 6.07) is 19.6. The second kappa shape index (κ2) is 6.81. The van der Waals surface area contributed by atoms with Crippen molar-refractivity contribution in [2.45, 2.75) is 4.90 Å². The highest BCUT2D eigenvalue weighted by Crippen LogP contribution is 2.22. The number of nitrogens with zero attached hydrogens (tertiary/aromatic N) is 3. The lowest BCUT2D eigenvalue weighted by atomic mass is 10.2. The molecule has 3 N–H and O–H groups in total. The van der Waals surface area contributed by atoms with Crippen molar-refractivity contribution in [2.24, 2.45) is 5.14 Å². The molecule has 4 aromatic rings. The predicted octanol–water partition coefficient (Wildman–Crippen LogP) is 3.07.